The first-order chi connectivity index (χ1) is 15.5. The Balaban J connectivity index is 1.43. The van der Waals surface area contributed by atoms with E-state index in [9.17, 15) is 4.79 Å². The Labute approximate surface area is 196 Å². The third-order valence-corrected chi connectivity index (χ3v) is 6.39. The molecule has 0 radical (unpaired) electrons. The molecule has 1 amide bonds. The van der Waals surface area contributed by atoms with Gasteiger partial charge in [-0.2, -0.15) is 0 Å². The predicted molar refractivity (Wildman–Crippen MR) is 125 cm³/mol. The number of rotatable bonds is 4. The van der Waals surface area contributed by atoms with Crippen LogP contribution in [0.3, 0.4) is 0 Å². The van der Waals surface area contributed by atoms with E-state index < -0.39 is 5.91 Å². The number of thiophene rings is 1. The van der Waals surface area contributed by atoms with Gasteiger partial charge in [-0.1, -0.05) is 41.4 Å². The molecule has 0 spiro atoms. The average Bonchev–Trinajstić information content (AvgIpc) is 3.39. The molecule has 0 bridgehead atoms. The Morgan fingerprint density at radius 1 is 1.09 bits per heavy atom. The Hall–Kier alpha value is -3.46. The van der Waals surface area contributed by atoms with Crippen molar-refractivity contribution in [2.24, 2.45) is 0 Å². The molecule has 5 rings (SSSR count). The maximum absolute atomic E-state index is 12.9. The van der Waals surface area contributed by atoms with E-state index in [1.165, 1.54) is 16.0 Å². The molecule has 3 N–H and O–H groups in total. The molecule has 0 aliphatic carbocycles. The topological polar surface area (TPSA) is 97.9 Å². The van der Waals surface area contributed by atoms with Gasteiger partial charge in [-0.05, 0) is 35.0 Å². The zero-order valence-electron chi connectivity index (χ0n) is 16.3. The summed E-state index contributed by atoms with van der Waals surface area (Å²) in [7, 11) is 0. The molecular weight excluding hydrogens is 469 g/mol. The summed E-state index contributed by atoms with van der Waals surface area (Å²) >= 11 is 13.5. The molecule has 32 heavy (non-hydrogen) atoms. The van der Waals surface area contributed by atoms with Crippen LogP contribution in [0.25, 0.3) is 27.2 Å². The molecule has 7 nitrogen and oxygen atoms in total. The summed E-state index contributed by atoms with van der Waals surface area (Å²) < 4.78 is 6.75. The lowest BCUT2D eigenvalue weighted by atomic mass is 10.1. The number of amides is 1. The number of benzene rings is 2. The van der Waals surface area contributed by atoms with Crippen LogP contribution in [-0.2, 0) is 0 Å². The van der Waals surface area contributed by atoms with Crippen LogP contribution in [0.2, 0.25) is 10.0 Å². The number of para-hydroxylation sites is 1. The van der Waals surface area contributed by atoms with Crippen LogP contribution in [-0.4, -0.2) is 16.2 Å². The molecule has 0 saturated carbocycles. The van der Waals surface area contributed by atoms with E-state index in [2.05, 4.69) is 15.6 Å². The second-order valence-electron chi connectivity index (χ2n) is 6.82. The number of carbonyl (C=O) groups excluding carboxylic acids is 1. The molecule has 0 atom stereocenters. The number of aromatic nitrogens is 3. The lowest BCUT2D eigenvalue weighted by Gasteiger charge is -2.04. The molecule has 5 aromatic rings. The van der Waals surface area contributed by atoms with E-state index in [0.29, 0.717) is 36.5 Å². The summed E-state index contributed by atoms with van der Waals surface area (Å²) in [6, 6.07) is 18.2. The number of carbonyl (C=O) groups is 1. The Bertz CT molecular complexity index is 1470. The van der Waals surface area contributed by atoms with Crippen molar-refractivity contribution < 1.29 is 14.0 Å². The van der Waals surface area contributed by atoms with Gasteiger partial charge in [0.05, 0.1) is 16.4 Å². The van der Waals surface area contributed by atoms with Crippen LogP contribution in [0.4, 0.5) is 11.6 Å². The number of fused-ring (bicyclic) bond motifs is 1. The van der Waals surface area contributed by atoms with E-state index >= 15 is 0 Å². The van der Waals surface area contributed by atoms with Crippen LogP contribution in [0.5, 0.6) is 0 Å². The third kappa shape index (κ3) is 3.80. The Morgan fingerprint density at radius 2 is 1.91 bits per heavy atom. The second kappa shape index (κ2) is 8.23. The number of anilines is 2. The number of nitrogens with zero attached hydrogens (tertiary/aromatic N) is 3. The summed E-state index contributed by atoms with van der Waals surface area (Å²) in [5.41, 5.74) is 8.79. The van der Waals surface area contributed by atoms with E-state index in [4.69, 9.17) is 33.5 Å². The first-order valence-electron chi connectivity index (χ1n) is 9.39. The first kappa shape index (κ1) is 20.4. The molecule has 3 aromatic heterocycles. The smallest absolute Gasteiger partial charge is 0.303 e. The number of nitrogens with one attached hydrogen (secondary N) is 1. The fourth-order valence-corrected chi connectivity index (χ4v) is 4.68. The normalized spacial score (nSPS) is 11.1. The molecule has 10 heteroatoms. The fourth-order valence-electron chi connectivity index (χ4n) is 3.19. The van der Waals surface area contributed by atoms with Crippen LogP contribution in [0.1, 0.15) is 9.67 Å². The molecule has 158 valence electrons. The van der Waals surface area contributed by atoms with Crippen molar-refractivity contribution in [2.75, 3.05) is 11.1 Å². The molecular formula is C22H14Cl2N5O2S+. The zero-order valence-corrected chi connectivity index (χ0v) is 18.6. The number of hydrogen-bond acceptors (Lipinski definition) is 6. The van der Waals surface area contributed by atoms with Crippen molar-refractivity contribution in [3.05, 3.63) is 81.8 Å². The highest BCUT2D eigenvalue weighted by Gasteiger charge is 2.22. The number of pyridine rings is 1. The van der Waals surface area contributed by atoms with Crippen molar-refractivity contribution in [3.63, 3.8) is 0 Å². The van der Waals surface area contributed by atoms with Gasteiger partial charge >= 0.3 is 5.88 Å². The number of hydrogen-bond donors (Lipinski definition) is 2. The van der Waals surface area contributed by atoms with Gasteiger partial charge in [0.25, 0.3) is 12.1 Å². The highest BCUT2D eigenvalue weighted by Crippen LogP contribution is 2.36. The van der Waals surface area contributed by atoms with E-state index in [-0.39, 0.29) is 5.88 Å². The van der Waals surface area contributed by atoms with E-state index in [1.807, 2.05) is 36.4 Å². The van der Waals surface area contributed by atoms with Gasteiger partial charge in [0.2, 0.25) is 11.0 Å². The summed E-state index contributed by atoms with van der Waals surface area (Å²) in [6.45, 7) is 0. The van der Waals surface area contributed by atoms with Gasteiger partial charge < -0.3 is 5.73 Å². The highest BCUT2D eigenvalue weighted by atomic mass is 35.5. The minimum absolute atomic E-state index is 0.192. The van der Waals surface area contributed by atoms with Gasteiger partial charge in [0.15, 0.2) is 0 Å². The standard InChI is InChI=1S/C22H13Cl2N5O2S/c23-12-6-7-14(16(24)10-12)17-9-8-15-19(25)20(32-22(15)26-17)21(30)27-18-11-29(28-31-18)13-4-2-1-3-5-13/h1-11H,(H2-,25,27,28,30)/p+1. The number of halogens is 2. The van der Waals surface area contributed by atoms with Crippen LogP contribution >= 0.6 is 34.5 Å². The predicted octanol–water partition coefficient (Wildman–Crippen LogP) is 5.37. The number of nitrogen functional groups attached to an aromatic ring is 1. The van der Waals surface area contributed by atoms with Crippen LogP contribution in [0, 0.1) is 0 Å². The van der Waals surface area contributed by atoms with Gasteiger partial charge in [-0.15, -0.1) is 11.3 Å². The van der Waals surface area contributed by atoms with Gasteiger partial charge in [-0.25, -0.2) is 4.98 Å². The van der Waals surface area contributed by atoms with Crippen molar-refractivity contribution >= 4 is 62.2 Å². The molecule has 3 heterocycles. The second-order valence-corrected chi connectivity index (χ2v) is 8.66. The summed E-state index contributed by atoms with van der Waals surface area (Å²) in [6.07, 6.45) is 1.58. The molecule has 0 saturated heterocycles. The largest absolute Gasteiger partial charge is 0.397 e. The Morgan fingerprint density at radius 3 is 2.69 bits per heavy atom. The minimum Gasteiger partial charge on any atom is -0.397 e. The minimum atomic E-state index is -0.409. The van der Waals surface area contributed by atoms with Gasteiger partial charge in [-0.3, -0.25) is 14.6 Å². The van der Waals surface area contributed by atoms with Crippen LogP contribution in [0.15, 0.2) is 71.4 Å². The first-order valence-corrected chi connectivity index (χ1v) is 11.0. The zero-order chi connectivity index (χ0) is 22.2. The summed E-state index contributed by atoms with van der Waals surface area (Å²) in [4.78, 5) is 18.4. The maximum Gasteiger partial charge on any atom is 0.303 e. The lowest BCUT2D eigenvalue weighted by molar-refractivity contribution is -0.670. The van der Waals surface area contributed by atoms with E-state index in [0.717, 1.165) is 11.3 Å². The van der Waals surface area contributed by atoms with Gasteiger partial charge in [0.1, 0.15) is 9.71 Å². The average molecular weight is 483 g/mol. The number of nitrogens with two attached hydrogens (primary N) is 1. The molecule has 0 fully saturated rings. The van der Waals surface area contributed by atoms with E-state index in [1.54, 1.807) is 30.5 Å². The van der Waals surface area contributed by atoms with Crippen molar-refractivity contribution in [1.29, 1.82) is 0 Å². The van der Waals surface area contributed by atoms with Crippen molar-refractivity contribution in [1.82, 2.24) is 10.3 Å². The molecule has 0 aliphatic rings. The monoisotopic (exact) mass is 482 g/mol. The fraction of sp³-hybridized carbons (Fsp3) is 0. The van der Waals surface area contributed by atoms with Crippen LogP contribution < -0.4 is 15.7 Å². The SMILES string of the molecule is Nc1c(C(=O)Nc2c[n+](-c3ccccc3)no2)sc2nc(-c3ccc(Cl)cc3Cl)ccc12. The Kier molecular flexibility index (Phi) is 5.26. The van der Waals surface area contributed by atoms with Gasteiger partial charge in [0, 0.05) is 28.1 Å². The maximum atomic E-state index is 12.9. The summed E-state index contributed by atoms with van der Waals surface area (Å²) in [5, 5.41) is 8.33. The lowest BCUT2D eigenvalue weighted by Crippen LogP contribution is -2.31. The third-order valence-electron chi connectivity index (χ3n) is 4.73. The van der Waals surface area contributed by atoms with Crippen molar-refractivity contribution in [2.45, 2.75) is 0 Å². The summed E-state index contributed by atoms with van der Waals surface area (Å²) in [5.74, 6) is -0.217. The molecule has 0 unspecified atom stereocenters. The quantitative estimate of drug-likeness (QED) is 0.335. The highest BCUT2D eigenvalue weighted by molar-refractivity contribution is 7.21. The van der Waals surface area contributed by atoms with Crippen molar-refractivity contribution in [3.8, 4) is 16.9 Å². The molecule has 2 aromatic carbocycles. The molecule has 0 aliphatic heterocycles.